The zero-order valence-corrected chi connectivity index (χ0v) is 9.09. The zero-order chi connectivity index (χ0) is 12.2. The Bertz CT molecular complexity index is 219. The van der Waals surface area contributed by atoms with Gasteiger partial charge in [-0.1, -0.05) is 0 Å². The minimum absolute atomic E-state index is 0.00847. The zero-order valence-electron chi connectivity index (χ0n) is 9.09. The van der Waals surface area contributed by atoms with Crippen molar-refractivity contribution in [3.8, 4) is 0 Å². The van der Waals surface area contributed by atoms with Crippen LogP contribution in [-0.2, 0) is 4.74 Å². The van der Waals surface area contributed by atoms with Crippen molar-refractivity contribution in [1.29, 1.82) is 0 Å². The quantitative estimate of drug-likeness (QED) is 0.663. The van der Waals surface area contributed by atoms with Gasteiger partial charge in [0.25, 0.3) is 0 Å². The van der Waals surface area contributed by atoms with Crippen LogP contribution in [0.4, 0.5) is 13.2 Å². The molecule has 0 aliphatic heterocycles. The number of alkyl halides is 3. The van der Waals surface area contributed by atoms with Gasteiger partial charge < -0.3 is 15.6 Å². The van der Waals surface area contributed by atoms with E-state index in [1.54, 1.807) is 0 Å². The van der Waals surface area contributed by atoms with Crippen molar-refractivity contribution in [2.24, 2.45) is 11.7 Å². The van der Waals surface area contributed by atoms with E-state index in [4.69, 9.17) is 10.5 Å². The highest BCUT2D eigenvalue weighted by Crippen LogP contribution is 2.39. The average Bonchev–Trinajstić information content (AvgIpc) is 2.98. The van der Waals surface area contributed by atoms with Crippen LogP contribution in [0.25, 0.3) is 0 Å². The van der Waals surface area contributed by atoms with Gasteiger partial charge in [-0.15, -0.1) is 0 Å². The van der Waals surface area contributed by atoms with Gasteiger partial charge in [0.05, 0.1) is 6.61 Å². The molecule has 0 aromatic heterocycles. The summed E-state index contributed by atoms with van der Waals surface area (Å²) in [4.78, 5) is 0. The highest BCUT2D eigenvalue weighted by Gasteiger charge is 2.42. The first-order chi connectivity index (χ1) is 7.37. The van der Waals surface area contributed by atoms with Crippen LogP contribution in [0.5, 0.6) is 0 Å². The van der Waals surface area contributed by atoms with E-state index in [9.17, 15) is 18.3 Å². The fraction of sp³-hybridized carbons (Fsp3) is 1.00. The van der Waals surface area contributed by atoms with E-state index in [0.717, 1.165) is 12.8 Å². The third kappa shape index (κ3) is 4.67. The summed E-state index contributed by atoms with van der Waals surface area (Å²) in [6, 6.07) is 0. The van der Waals surface area contributed by atoms with E-state index >= 15 is 0 Å². The van der Waals surface area contributed by atoms with Crippen LogP contribution in [0.3, 0.4) is 0 Å². The van der Waals surface area contributed by atoms with Gasteiger partial charge in [0.15, 0.2) is 0 Å². The summed E-state index contributed by atoms with van der Waals surface area (Å²) >= 11 is 0. The van der Waals surface area contributed by atoms with Crippen LogP contribution in [0.1, 0.15) is 25.7 Å². The van der Waals surface area contributed by atoms with Gasteiger partial charge in [-0.2, -0.15) is 13.2 Å². The highest BCUT2D eigenvalue weighted by atomic mass is 19.4. The number of rotatable bonds is 7. The normalized spacial score (nSPS) is 20.8. The predicted octanol–water partition coefficient (Wildman–Crippen LogP) is 1.45. The molecule has 3 N–H and O–H groups in total. The number of ether oxygens (including phenoxy) is 1. The third-order valence-corrected chi connectivity index (χ3v) is 2.79. The molecule has 96 valence electrons. The molecule has 0 saturated heterocycles. The Morgan fingerprint density at radius 2 is 1.94 bits per heavy atom. The molecule has 16 heavy (non-hydrogen) atoms. The Morgan fingerprint density at radius 3 is 2.38 bits per heavy atom. The lowest BCUT2D eigenvalue weighted by Gasteiger charge is -2.26. The van der Waals surface area contributed by atoms with Gasteiger partial charge in [-0.3, -0.25) is 0 Å². The SMILES string of the molecule is NCC(O)(COCCCC(F)(F)F)C1CC1. The fourth-order valence-corrected chi connectivity index (χ4v) is 1.59. The fourth-order valence-electron chi connectivity index (χ4n) is 1.59. The van der Waals surface area contributed by atoms with E-state index in [0.29, 0.717) is 0 Å². The van der Waals surface area contributed by atoms with Crippen LogP contribution in [0.15, 0.2) is 0 Å². The molecule has 0 bridgehead atoms. The van der Waals surface area contributed by atoms with Crippen molar-refractivity contribution in [1.82, 2.24) is 0 Å². The highest BCUT2D eigenvalue weighted by molar-refractivity contribution is 4.95. The van der Waals surface area contributed by atoms with Crippen LogP contribution < -0.4 is 5.73 Å². The van der Waals surface area contributed by atoms with Crippen molar-refractivity contribution >= 4 is 0 Å². The number of hydrogen-bond acceptors (Lipinski definition) is 3. The maximum absolute atomic E-state index is 11.8. The molecule has 1 aliphatic rings. The van der Waals surface area contributed by atoms with Crippen LogP contribution >= 0.6 is 0 Å². The monoisotopic (exact) mass is 241 g/mol. The number of nitrogens with two attached hydrogens (primary N) is 1. The van der Waals surface area contributed by atoms with Gasteiger partial charge in [0.1, 0.15) is 5.60 Å². The summed E-state index contributed by atoms with van der Waals surface area (Å²) in [6.07, 6.45) is -3.23. The third-order valence-electron chi connectivity index (χ3n) is 2.79. The topological polar surface area (TPSA) is 55.5 Å². The maximum atomic E-state index is 11.8. The lowest BCUT2D eigenvalue weighted by molar-refractivity contribution is -0.139. The second-order valence-corrected chi connectivity index (χ2v) is 4.35. The van der Waals surface area contributed by atoms with Crippen molar-refractivity contribution < 1.29 is 23.0 Å². The molecular formula is C10H18F3NO2. The number of halogens is 3. The molecule has 0 aromatic rings. The number of aliphatic hydroxyl groups is 1. The van der Waals surface area contributed by atoms with Crippen LogP contribution in [0, 0.1) is 5.92 Å². The molecule has 0 radical (unpaired) electrons. The summed E-state index contributed by atoms with van der Waals surface area (Å²) < 4.78 is 40.4. The second-order valence-electron chi connectivity index (χ2n) is 4.35. The first-order valence-corrected chi connectivity index (χ1v) is 5.44. The molecule has 0 spiro atoms. The van der Waals surface area contributed by atoms with Gasteiger partial charge in [-0.05, 0) is 25.2 Å². The number of hydrogen-bond donors (Lipinski definition) is 2. The molecule has 6 heteroatoms. The molecule has 1 rings (SSSR count). The van der Waals surface area contributed by atoms with Gasteiger partial charge in [-0.25, -0.2) is 0 Å². The first-order valence-electron chi connectivity index (χ1n) is 5.44. The van der Waals surface area contributed by atoms with Crippen LogP contribution in [0.2, 0.25) is 0 Å². The lowest BCUT2D eigenvalue weighted by atomic mass is 9.99. The average molecular weight is 241 g/mol. The minimum Gasteiger partial charge on any atom is -0.386 e. The largest absolute Gasteiger partial charge is 0.389 e. The molecule has 1 aliphatic carbocycles. The Labute approximate surface area is 92.8 Å². The predicted molar refractivity (Wildman–Crippen MR) is 52.8 cm³/mol. The molecule has 0 aromatic carbocycles. The second kappa shape index (κ2) is 5.33. The van der Waals surface area contributed by atoms with Gasteiger partial charge in [0, 0.05) is 19.6 Å². The van der Waals surface area contributed by atoms with Gasteiger partial charge in [0.2, 0.25) is 0 Å². The molecular weight excluding hydrogens is 223 g/mol. The van der Waals surface area contributed by atoms with E-state index < -0.39 is 18.2 Å². The summed E-state index contributed by atoms with van der Waals surface area (Å²) in [5.74, 6) is 0.153. The van der Waals surface area contributed by atoms with E-state index in [1.165, 1.54) is 0 Å². The Balaban J connectivity index is 2.10. The summed E-state index contributed by atoms with van der Waals surface area (Å²) in [6.45, 7) is 0.136. The molecule has 1 atom stereocenters. The van der Waals surface area contributed by atoms with Crippen LogP contribution in [-0.4, -0.2) is 36.6 Å². The van der Waals surface area contributed by atoms with E-state index in [2.05, 4.69) is 0 Å². The summed E-state index contributed by atoms with van der Waals surface area (Å²) in [5.41, 5.74) is 4.38. The molecule has 1 fully saturated rings. The first kappa shape index (κ1) is 13.7. The smallest absolute Gasteiger partial charge is 0.386 e. The minimum atomic E-state index is -4.13. The molecule has 0 amide bonds. The standard InChI is InChI=1S/C10H18F3NO2/c11-10(12,13)4-1-5-16-7-9(15,6-14)8-2-3-8/h8,15H,1-7,14H2. The van der Waals surface area contributed by atoms with Crippen molar-refractivity contribution in [3.05, 3.63) is 0 Å². The Kier molecular flexibility index (Phi) is 4.58. The lowest BCUT2D eigenvalue weighted by Crippen LogP contribution is -2.44. The molecule has 1 saturated carbocycles. The summed E-state index contributed by atoms with van der Waals surface area (Å²) in [5, 5.41) is 9.95. The van der Waals surface area contributed by atoms with E-state index in [-0.39, 0.29) is 32.1 Å². The van der Waals surface area contributed by atoms with Crippen molar-refractivity contribution in [2.75, 3.05) is 19.8 Å². The maximum Gasteiger partial charge on any atom is 0.389 e. The van der Waals surface area contributed by atoms with E-state index in [1.807, 2.05) is 0 Å². The molecule has 0 heterocycles. The summed E-state index contributed by atoms with van der Waals surface area (Å²) in [7, 11) is 0. The van der Waals surface area contributed by atoms with Crippen molar-refractivity contribution in [2.45, 2.75) is 37.5 Å². The molecule has 1 unspecified atom stereocenters. The molecule has 3 nitrogen and oxygen atoms in total. The van der Waals surface area contributed by atoms with Gasteiger partial charge >= 0.3 is 6.18 Å². The van der Waals surface area contributed by atoms with Crippen molar-refractivity contribution in [3.63, 3.8) is 0 Å². The Hall–Kier alpha value is -0.330. The Morgan fingerprint density at radius 1 is 1.31 bits per heavy atom.